The summed E-state index contributed by atoms with van der Waals surface area (Å²) in [7, 11) is 1.65. The number of methoxy groups -OCH3 is 1. The fourth-order valence-electron chi connectivity index (χ4n) is 5.52. The molecule has 0 N–H and O–H groups in total. The quantitative estimate of drug-likeness (QED) is 0.489. The second kappa shape index (κ2) is 12.3. The molecule has 2 heterocycles. The molecule has 1 atom stereocenters. The smallest absolute Gasteiger partial charge is 0.262 e. The number of nitrogens with zero attached hydrogens (tertiary/aromatic N) is 4. The number of carbonyl (C=O) groups is 2. The van der Waals surface area contributed by atoms with E-state index in [0.29, 0.717) is 26.2 Å². The number of hydrazone groups is 1. The predicted octanol–water partition coefficient (Wildman–Crippen LogP) is 3.95. The van der Waals surface area contributed by atoms with Crippen LogP contribution in [0.1, 0.15) is 54.0 Å². The molecule has 3 aliphatic rings. The van der Waals surface area contributed by atoms with Crippen molar-refractivity contribution in [1.29, 1.82) is 0 Å². The molecule has 0 radical (unpaired) electrons. The molecule has 2 fully saturated rings. The Morgan fingerprint density at radius 3 is 2.54 bits per heavy atom. The van der Waals surface area contributed by atoms with Gasteiger partial charge in [-0.1, -0.05) is 36.8 Å². The van der Waals surface area contributed by atoms with Crippen molar-refractivity contribution >= 4 is 17.5 Å². The Balaban J connectivity index is 1.40. The summed E-state index contributed by atoms with van der Waals surface area (Å²) in [6.07, 6.45) is 3.47. The molecule has 8 nitrogen and oxygen atoms in total. The Labute approximate surface area is 231 Å². The van der Waals surface area contributed by atoms with E-state index in [1.807, 2.05) is 24.3 Å². The van der Waals surface area contributed by atoms with Gasteiger partial charge in [0.25, 0.3) is 5.91 Å². The summed E-state index contributed by atoms with van der Waals surface area (Å²) in [6.45, 7) is 8.59. The summed E-state index contributed by atoms with van der Waals surface area (Å²) in [5, 5.41) is 6.48. The summed E-state index contributed by atoms with van der Waals surface area (Å²) in [5.41, 5.74) is 5.21. The number of ether oxygens (including phenoxy) is 2. The SMILES string of the molecule is COc1ccccc1C1CC(c2ccc(C)c(C)c2)=NN1C(=O)CN(CCN1CCOCC1)C(=O)C1CCC1. The molecule has 1 saturated heterocycles. The van der Waals surface area contributed by atoms with Gasteiger partial charge in [0.15, 0.2) is 0 Å². The van der Waals surface area contributed by atoms with Crippen LogP contribution < -0.4 is 4.74 Å². The zero-order chi connectivity index (χ0) is 27.4. The highest BCUT2D eigenvalue weighted by Crippen LogP contribution is 2.38. The minimum Gasteiger partial charge on any atom is -0.496 e. The van der Waals surface area contributed by atoms with E-state index in [1.54, 1.807) is 17.0 Å². The molecule has 8 heteroatoms. The molecule has 1 unspecified atom stereocenters. The van der Waals surface area contributed by atoms with Crippen molar-refractivity contribution < 1.29 is 19.1 Å². The van der Waals surface area contributed by atoms with Gasteiger partial charge in [-0.25, -0.2) is 5.01 Å². The van der Waals surface area contributed by atoms with E-state index in [1.165, 1.54) is 11.1 Å². The van der Waals surface area contributed by atoms with Crippen molar-refractivity contribution in [1.82, 2.24) is 14.8 Å². The third kappa shape index (κ3) is 6.17. The van der Waals surface area contributed by atoms with Crippen LogP contribution >= 0.6 is 0 Å². The molecular formula is C31H40N4O4. The summed E-state index contributed by atoms with van der Waals surface area (Å²) in [5.74, 6) is 0.681. The Hall–Kier alpha value is -3.23. The van der Waals surface area contributed by atoms with Gasteiger partial charge in [-0.2, -0.15) is 5.10 Å². The average molecular weight is 533 g/mol. The standard InChI is InChI=1S/C31H40N4O4/c1-22-11-12-25(19-23(22)2)27-20-28(26-9-4-5-10-29(26)38-3)35(32-27)30(36)21-34(31(37)24-7-6-8-24)14-13-33-15-17-39-18-16-33/h4-5,9-12,19,24,28H,6-8,13-18,20-21H2,1-3H3. The number of aryl methyl sites for hydroxylation is 2. The first-order valence-corrected chi connectivity index (χ1v) is 14.1. The molecule has 1 saturated carbocycles. The van der Waals surface area contributed by atoms with Crippen LogP contribution in [-0.2, 0) is 14.3 Å². The maximum absolute atomic E-state index is 14.0. The number of hydrogen-bond acceptors (Lipinski definition) is 6. The van der Waals surface area contributed by atoms with E-state index in [9.17, 15) is 9.59 Å². The normalized spacial score (nSPS) is 19.9. The van der Waals surface area contributed by atoms with Crippen molar-refractivity contribution in [2.45, 2.75) is 45.6 Å². The third-order valence-electron chi connectivity index (χ3n) is 8.39. The third-order valence-corrected chi connectivity index (χ3v) is 8.39. The first-order chi connectivity index (χ1) is 18.9. The minimum absolute atomic E-state index is 0.0228. The predicted molar refractivity (Wildman–Crippen MR) is 151 cm³/mol. The number of morpholine rings is 1. The Bertz CT molecular complexity index is 1220. The molecular weight excluding hydrogens is 492 g/mol. The van der Waals surface area contributed by atoms with Crippen molar-refractivity contribution in [3.05, 3.63) is 64.7 Å². The first-order valence-electron chi connectivity index (χ1n) is 14.1. The van der Waals surface area contributed by atoms with Crippen molar-refractivity contribution in [2.75, 3.05) is 53.0 Å². The summed E-state index contributed by atoms with van der Waals surface area (Å²) in [6, 6.07) is 13.8. The molecule has 0 bridgehead atoms. The molecule has 208 valence electrons. The van der Waals surface area contributed by atoms with Crippen molar-refractivity contribution in [2.24, 2.45) is 11.0 Å². The van der Waals surface area contributed by atoms with Crippen LogP contribution in [0.3, 0.4) is 0 Å². The molecule has 1 aliphatic carbocycles. The number of carbonyl (C=O) groups excluding carboxylic acids is 2. The van der Waals surface area contributed by atoms with E-state index >= 15 is 0 Å². The monoisotopic (exact) mass is 532 g/mol. The second-order valence-corrected chi connectivity index (χ2v) is 10.9. The number of hydrogen-bond donors (Lipinski definition) is 0. The Kier molecular flexibility index (Phi) is 8.63. The lowest BCUT2D eigenvalue weighted by molar-refractivity contribution is -0.145. The Morgan fingerprint density at radius 2 is 1.85 bits per heavy atom. The van der Waals surface area contributed by atoms with E-state index in [-0.39, 0.29) is 30.3 Å². The van der Waals surface area contributed by atoms with Crippen molar-refractivity contribution in [3.63, 3.8) is 0 Å². The van der Waals surface area contributed by atoms with Crippen LogP contribution in [0.5, 0.6) is 5.75 Å². The highest BCUT2D eigenvalue weighted by molar-refractivity contribution is 6.03. The highest BCUT2D eigenvalue weighted by atomic mass is 16.5. The average Bonchev–Trinajstić information content (AvgIpc) is 3.37. The van der Waals surface area contributed by atoms with Crippen LogP contribution in [0, 0.1) is 19.8 Å². The van der Waals surface area contributed by atoms with Gasteiger partial charge in [0.05, 0.1) is 32.1 Å². The van der Waals surface area contributed by atoms with Crippen LogP contribution in [0.2, 0.25) is 0 Å². The summed E-state index contributed by atoms with van der Waals surface area (Å²) >= 11 is 0. The van der Waals surface area contributed by atoms with Gasteiger partial charge in [-0.05, 0) is 55.5 Å². The molecule has 2 aliphatic heterocycles. The fraction of sp³-hybridized carbons (Fsp3) is 0.516. The second-order valence-electron chi connectivity index (χ2n) is 10.9. The van der Waals surface area contributed by atoms with Gasteiger partial charge in [-0.3, -0.25) is 14.5 Å². The molecule has 2 amide bonds. The lowest BCUT2D eigenvalue weighted by Crippen LogP contribution is -2.49. The van der Waals surface area contributed by atoms with Gasteiger partial charge in [0.1, 0.15) is 12.3 Å². The number of amides is 2. The van der Waals surface area contributed by atoms with E-state index < -0.39 is 0 Å². The number of rotatable bonds is 9. The van der Waals surface area contributed by atoms with E-state index in [0.717, 1.165) is 61.5 Å². The Morgan fingerprint density at radius 1 is 1.08 bits per heavy atom. The van der Waals surface area contributed by atoms with Crippen LogP contribution in [0.4, 0.5) is 0 Å². The maximum Gasteiger partial charge on any atom is 0.262 e. The van der Waals surface area contributed by atoms with Crippen LogP contribution in [-0.4, -0.2) is 85.4 Å². The fourth-order valence-corrected chi connectivity index (χ4v) is 5.52. The summed E-state index contributed by atoms with van der Waals surface area (Å²) in [4.78, 5) is 31.5. The summed E-state index contributed by atoms with van der Waals surface area (Å²) < 4.78 is 11.1. The maximum atomic E-state index is 14.0. The molecule has 0 aromatic heterocycles. The highest BCUT2D eigenvalue weighted by Gasteiger charge is 2.37. The lowest BCUT2D eigenvalue weighted by atomic mass is 9.84. The molecule has 39 heavy (non-hydrogen) atoms. The molecule has 5 rings (SSSR count). The van der Waals surface area contributed by atoms with Crippen LogP contribution in [0.15, 0.2) is 47.6 Å². The number of para-hydroxylation sites is 1. The molecule has 2 aromatic rings. The van der Waals surface area contributed by atoms with Gasteiger partial charge in [-0.15, -0.1) is 0 Å². The lowest BCUT2D eigenvalue weighted by Gasteiger charge is -2.34. The van der Waals surface area contributed by atoms with Gasteiger partial charge >= 0.3 is 0 Å². The van der Waals surface area contributed by atoms with E-state index in [2.05, 4.69) is 36.9 Å². The topological polar surface area (TPSA) is 74.7 Å². The van der Waals surface area contributed by atoms with Gasteiger partial charge < -0.3 is 14.4 Å². The molecule has 2 aromatic carbocycles. The minimum atomic E-state index is -0.301. The van der Waals surface area contributed by atoms with Crippen molar-refractivity contribution in [3.8, 4) is 5.75 Å². The zero-order valence-corrected chi connectivity index (χ0v) is 23.4. The first kappa shape index (κ1) is 27.3. The molecule has 0 spiro atoms. The van der Waals surface area contributed by atoms with Gasteiger partial charge in [0.2, 0.25) is 5.91 Å². The van der Waals surface area contributed by atoms with Crippen LogP contribution in [0.25, 0.3) is 0 Å². The van der Waals surface area contributed by atoms with Gasteiger partial charge in [0, 0.05) is 44.1 Å². The number of benzene rings is 2. The largest absolute Gasteiger partial charge is 0.496 e. The zero-order valence-electron chi connectivity index (χ0n) is 23.4. The van der Waals surface area contributed by atoms with E-state index in [4.69, 9.17) is 14.6 Å².